The van der Waals surface area contributed by atoms with E-state index < -0.39 is 0 Å². The van der Waals surface area contributed by atoms with Crippen LogP contribution in [0.4, 0.5) is 4.79 Å². The van der Waals surface area contributed by atoms with Crippen molar-refractivity contribution in [3.63, 3.8) is 0 Å². The minimum Gasteiger partial charge on any atom is -0.341 e. The molecule has 3 fully saturated rings. The van der Waals surface area contributed by atoms with Crippen LogP contribution >= 0.6 is 11.6 Å². The maximum atomic E-state index is 12.6. The average Bonchev–Trinajstić information content (AvgIpc) is 2.99. The highest BCUT2D eigenvalue weighted by Crippen LogP contribution is 2.29. The topological polar surface area (TPSA) is 68.8 Å². The number of pyridine rings is 1. The first-order valence-electron chi connectivity index (χ1n) is 9.68. The lowest BCUT2D eigenvalue weighted by Crippen LogP contribution is -2.55. The van der Waals surface area contributed by atoms with Crippen LogP contribution in [0.25, 0.3) is 0 Å². The first-order chi connectivity index (χ1) is 13.0. The van der Waals surface area contributed by atoms with Gasteiger partial charge in [0.15, 0.2) is 0 Å². The van der Waals surface area contributed by atoms with Crippen molar-refractivity contribution in [1.82, 2.24) is 25.0 Å². The molecule has 0 saturated carbocycles. The van der Waals surface area contributed by atoms with Crippen LogP contribution in [0.5, 0.6) is 0 Å². The predicted octanol–water partition coefficient (Wildman–Crippen LogP) is 1.71. The number of aromatic nitrogens is 1. The summed E-state index contributed by atoms with van der Waals surface area (Å²) in [4.78, 5) is 34.6. The molecule has 27 heavy (non-hydrogen) atoms. The minimum absolute atomic E-state index is 0.0334. The number of amides is 3. The molecule has 1 aromatic heterocycles. The number of halogens is 1. The smallest absolute Gasteiger partial charge is 0.318 e. The lowest BCUT2D eigenvalue weighted by molar-refractivity contribution is -0.130. The first-order valence-corrected chi connectivity index (χ1v) is 10.1. The van der Waals surface area contributed by atoms with E-state index >= 15 is 0 Å². The number of hydrogen-bond acceptors (Lipinski definition) is 4. The third-order valence-electron chi connectivity index (χ3n) is 6.12. The Kier molecular flexibility index (Phi) is 5.23. The van der Waals surface area contributed by atoms with Gasteiger partial charge in [0.05, 0.1) is 17.1 Å². The molecule has 1 N–H and O–H groups in total. The molecule has 2 atom stereocenters. The van der Waals surface area contributed by atoms with Crippen LogP contribution in [0, 0.1) is 0 Å². The zero-order valence-corrected chi connectivity index (χ0v) is 16.4. The third kappa shape index (κ3) is 3.75. The lowest BCUT2D eigenvalue weighted by Gasteiger charge is -2.42. The quantitative estimate of drug-likeness (QED) is 0.851. The number of carbonyl (C=O) groups is 2. The summed E-state index contributed by atoms with van der Waals surface area (Å²) in [7, 11) is 0. The summed E-state index contributed by atoms with van der Waals surface area (Å²) in [6.45, 7) is 5.68. The molecule has 7 nitrogen and oxygen atoms in total. The summed E-state index contributed by atoms with van der Waals surface area (Å²) in [5.74, 6) is 0.0872. The molecule has 3 aliphatic rings. The second-order valence-corrected chi connectivity index (χ2v) is 8.17. The van der Waals surface area contributed by atoms with E-state index in [0.29, 0.717) is 11.6 Å². The third-order valence-corrected chi connectivity index (χ3v) is 6.46. The van der Waals surface area contributed by atoms with Crippen LogP contribution in [0.2, 0.25) is 5.02 Å². The summed E-state index contributed by atoms with van der Waals surface area (Å²) < 4.78 is 0. The molecular weight excluding hydrogens is 366 g/mol. The molecule has 3 amide bonds. The Labute approximate surface area is 164 Å². The maximum absolute atomic E-state index is 12.6. The number of fused-ring (bicyclic) bond motifs is 1. The molecule has 4 rings (SSSR count). The van der Waals surface area contributed by atoms with Crippen molar-refractivity contribution in [2.75, 3.05) is 26.2 Å². The lowest BCUT2D eigenvalue weighted by atomic mass is 9.95. The summed E-state index contributed by atoms with van der Waals surface area (Å²) in [5, 5.41) is 3.81. The normalized spacial score (nSPS) is 26.8. The van der Waals surface area contributed by atoms with Crippen molar-refractivity contribution in [3.05, 3.63) is 29.0 Å². The number of hydrogen-bond donors (Lipinski definition) is 1. The fourth-order valence-electron chi connectivity index (χ4n) is 4.65. The summed E-state index contributed by atoms with van der Waals surface area (Å²) in [6, 6.07) is 2.54. The largest absolute Gasteiger partial charge is 0.341 e. The monoisotopic (exact) mass is 391 g/mol. The van der Waals surface area contributed by atoms with Gasteiger partial charge in [-0.15, -0.1) is 0 Å². The highest BCUT2D eigenvalue weighted by atomic mass is 35.5. The van der Waals surface area contributed by atoms with Crippen LogP contribution in [-0.4, -0.2) is 75.9 Å². The molecule has 0 aliphatic carbocycles. The number of urea groups is 1. The van der Waals surface area contributed by atoms with Crippen LogP contribution in [0.3, 0.4) is 0 Å². The van der Waals surface area contributed by atoms with E-state index in [1.54, 1.807) is 19.3 Å². The van der Waals surface area contributed by atoms with E-state index in [2.05, 4.69) is 20.1 Å². The van der Waals surface area contributed by atoms with Crippen LogP contribution in [-0.2, 0) is 11.3 Å². The highest BCUT2D eigenvalue weighted by Gasteiger charge is 2.46. The van der Waals surface area contributed by atoms with Gasteiger partial charge in [-0.2, -0.15) is 0 Å². The Morgan fingerprint density at radius 1 is 1.30 bits per heavy atom. The SMILES string of the molecule is CC(=O)N1CCC2C(C1)NC(=O)N2C1CCN(Cc2ccncc2Cl)CC1. The van der Waals surface area contributed by atoms with Crippen LogP contribution < -0.4 is 5.32 Å². The molecule has 0 radical (unpaired) electrons. The average molecular weight is 392 g/mol. The van der Waals surface area contributed by atoms with Gasteiger partial charge in [0.1, 0.15) is 0 Å². The molecule has 1 aromatic rings. The summed E-state index contributed by atoms with van der Waals surface area (Å²) in [6.07, 6.45) is 6.25. The standard InChI is InChI=1S/C19H26ClN5O2/c1-13(26)24-9-5-18-17(12-24)22-19(27)25(18)15-3-7-23(8-4-15)11-14-2-6-21-10-16(14)20/h2,6,10,15,17-18H,3-5,7-9,11-12H2,1H3,(H,22,27). The molecule has 3 aliphatic heterocycles. The summed E-state index contributed by atoms with van der Waals surface area (Å²) >= 11 is 6.23. The number of carbonyl (C=O) groups excluding carboxylic acids is 2. The van der Waals surface area contributed by atoms with E-state index in [0.717, 1.165) is 51.0 Å². The van der Waals surface area contributed by atoms with Gasteiger partial charge >= 0.3 is 6.03 Å². The Hall–Kier alpha value is -1.86. The Bertz CT molecular complexity index is 722. The molecule has 0 spiro atoms. The second kappa shape index (κ2) is 7.64. The second-order valence-electron chi connectivity index (χ2n) is 7.76. The Balaban J connectivity index is 1.35. The van der Waals surface area contributed by atoms with Crippen molar-refractivity contribution in [2.45, 2.75) is 50.9 Å². The van der Waals surface area contributed by atoms with Crippen molar-refractivity contribution in [2.24, 2.45) is 0 Å². The van der Waals surface area contributed by atoms with Gasteiger partial charge in [-0.05, 0) is 30.9 Å². The molecule has 0 aromatic carbocycles. The van der Waals surface area contributed by atoms with E-state index in [-0.39, 0.29) is 30.1 Å². The molecule has 8 heteroatoms. The van der Waals surface area contributed by atoms with Crippen LogP contribution in [0.1, 0.15) is 31.7 Å². The van der Waals surface area contributed by atoms with Gasteiger partial charge in [0, 0.05) is 58.1 Å². The van der Waals surface area contributed by atoms with Crippen molar-refractivity contribution < 1.29 is 9.59 Å². The number of likely N-dealkylation sites (tertiary alicyclic amines) is 2. The minimum atomic E-state index is 0.0334. The van der Waals surface area contributed by atoms with Gasteiger partial charge in [0.2, 0.25) is 5.91 Å². The number of rotatable bonds is 3. The highest BCUT2D eigenvalue weighted by molar-refractivity contribution is 6.31. The van der Waals surface area contributed by atoms with Gasteiger partial charge in [0.25, 0.3) is 0 Å². The first kappa shape index (κ1) is 18.5. The van der Waals surface area contributed by atoms with Crippen LogP contribution in [0.15, 0.2) is 18.5 Å². The number of piperidine rings is 2. The van der Waals surface area contributed by atoms with Gasteiger partial charge in [-0.3, -0.25) is 14.7 Å². The maximum Gasteiger partial charge on any atom is 0.318 e. The van der Waals surface area contributed by atoms with Crippen molar-refractivity contribution in [3.8, 4) is 0 Å². The van der Waals surface area contributed by atoms with E-state index in [9.17, 15) is 9.59 Å². The Morgan fingerprint density at radius 2 is 2.07 bits per heavy atom. The summed E-state index contributed by atoms with van der Waals surface area (Å²) in [5.41, 5.74) is 1.10. The van der Waals surface area contributed by atoms with Gasteiger partial charge in [-0.25, -0.2) is 4.79 Å². The zero-order chi connectivity index (χ0) is 19.0. The molecule has 3 saturated heterocycles. The van der Waals surface area contributed by atoms with E-state index in [1.807, 2.05) is 11.0 Å². The predicted molar refractivity (Wildman–Crippen MR) is 102 cm³/mol. The molecule has 146 valence electrons. The van der Waals surface area contributed by atoms with Crippen molar-refractivity contribution in [1.29, 1.82) is 0 Å². The van der Waals surface area contributed by atoms with E-state index in [1.165, 1.54) is 0 Å². The molecule has 2 unspecified atom stereocenters. The van der Waals surface area contributed by atoms with E-state index in [4.69, 9.17) is 11.6 Å². The zero-order valence-electron chi connectivity index (χ0n) is 15.6. The fourth-order valence-corrected chi connectivity index (χ4v) is 4.83. The van der Waals surface area contributed by atoms with Gasteiger partial charge in [-0.1, -0.05) is 11.6 Å². The van der Waals surface area contributed by atoms with Gasteiger partial charge < -0.3 is 15.1 Å². The van der Waals surface area contributed by atoms with Crippen molar-refractivity contribution >= 4 is 23.5 Å². The molecular formula is C19H26ClN5O2. The molecule has 0 bridgehead atoms. The number of nitrogens with one attached hydrogen (secondary N) is 1. The molecule has 4 heterocycles. The Morgan fingerprint density at radius 3 is 2.78 bits per heavy atom. The number of nitrogens with zero attached hydrogens (tertiary/aromatic N) is 4. The fraction of sp³-hybridized carbons (Fsp3) is 0.632.